The number of benzene rings is 2. The smallest absolute Gasteiger partial charge is 0.315 e. The first-order valence-corrected chi connectivity index (χ1v) is 8.48. The summed E-state index contributed by atoms with van der Waals surface area (Å²) in [7, 11) is 0. The maximum atomic E-state index is 12.4. The highest BCUT2D eigenvalue weighted by atomic mass is 16.5. The van der Waals surface area contributed by atoms with E-state index in [2.05, 4.69) is 0 Å². The van der Waals surface area contributed by atoms with E-state index in [1.165, 1.54) is 0 Å². The van der Waals surface area contributed by atoms with Crippen molar-refractivity contribution in [2.45, 2.75) is 13.3 Å². The summed E-state index contributed by atoms with van der Waals surface area (Å²) in [6.45, 7) is 1.82. The van der Waals surface area contributed by atoms with Crippen LogP contribution >= 0.6 is 0 Å². The lowest BCUT2D eigenvalue weighted by Gasteiger charge is -2.05. The molecule has 0 aliphatic carbocycles. The number of rotatable bonds is 4. The van der Waals surface area contributed by atoms with Crippen molar-refractivity contribution in [2.24, 2.45) is 0 Å². The Morgan fingerprint density at radius 2 is 1.89 bits per heavy atom. The normalized spacial score (nSPS) is 14.1. The summed E-state index contributed by atoms with van der Waals surface area (Å²) in [5.41, 5.74) is 1.29. The Labute approximate surface area is 155 Å². The second-order valence-corrected chi connectivity index (χ2v) is 6.18. The Morgan fingerprint density at radius 3 is 2.63 bits per heavy atom. The maximum Gasteiger partial charge on any atom is 0.315 e. The summed E-state index contributed by atoms with van der Waals surface area (Å²) in [5, 5.41) is 0. The van der Waals surface area contributed by atoms with Gasteiger partial charge in [-0.15, -0.1) is 0 Å². The van der Waals surface area contributed by atoms with Crippen LogP contribution in [-0.2, 0) is 11.2 Å². The highest BCUT2D eigenvalue weighted by molar-refractivity contribution is 6.14. The molecule has 0 amide bonds. The van der Waals surface area contributed by atoms with E-state index in [1.807, 2.05) is 43.3 Å². The molecule has 27 heavy (non-hydrogen) atoms. The highest BCUT2D eigenvalue weighted by Crippen LogP contribution is 2.35. The van der Waals surface area contributed by atoms with Crippen molar-refractivity contribution in [1.29, 1.82) is 0 Å². The number of Topliss-reactive ketones (excluding diaryl/α,β-unsaturated/α-hetero) is 1. The predicted molar refractivity (Wildman–Crippen MR) is 98.6 cm³/mol. The predicted octanol–water partition coefficient (Wildman–Crippen LogP) is 4.35. The molecule has 0 bridgehead atoms. The second-order valence-electron chi connectivity index (χ2n) is 6.18. The molecule has 0 saturated heterocycles. The molecule has 1 aliphatic heterocycles. The van der Waals surface area contributed by atoms with Gasteiger partial charge >= 0.3 is 5.97 Å². The van der Waals surface area contributed by atoms with E-state index in [0.717, 1.165) is 11.3 Å². The third-order valence-electron chi connectivity index (χ3n) is 4.10. The van der Waals surface area contributed by atoms with E-state index in [9.17, 15) is 9.59 Å². The number of hydrogen-bond donors (Lipinski definition) is 0. The van der Waals surface area contributed by atoms with Gasteiger partial charge in [-0.3, -0.25) is 9.59 Å². The molecule has 0 unspecified atom stereocenters. The first-order chi connectivity index (χ1) is 13.1. The monoisotopic (exact) mass is 360 g/mol. The highest BCUT2D eigenvalue weighted by Gasteiger charge is 2.28. The van der Waals surface area contributed by atoms with Crippen LogP contribution in [0.15, 0.2) is 70.8 Å². The van der Waals surface area contributed by atoms with Crippen molar-refractivity contribution >= 4 is 17.8 Å². The standard InChI is InChI=1S/C22H16O5/c1-14-7-8-16(25-14)13-20-22(24)18-10-9-17(12-19(18)27-20)26-21(23)11-15-5-3-2-4-6-15/h2-10,12-13H,11H2,1H3/b20-13-. The number of furan rings is 1. The first-order valence-electron chi connectivity index (χ1n) is 8.48. The largest absolute Gasteiger partial charge is 0.462 e. The van der Waals surface area contributed by atoms with Gasteiger partial charge in [0.15, 0.2) is 5.76 Å². The number of allylic oxidation sites excluding steroid dienone is 1. The molecule has 5 heteroatoms. The fourth-order valence-electron chi connectivity index (χ4n) is 2.82. The molecule has 5 nitrogen and oxygen atoms in total. The van der Waals surface area contributed by atoms with E-state index < -0.39 is 0 Å². The van der Waals surface area contributed by atoms with Gasteiger partial charge in [0.25, 0.3) is 0 Å². The third kappa shape index (κ3) is 3.67. The number of aryl methyl sites for hydroxylation is 1. The molecule has 3 aromatic rings. The molecular weight excluding hydrogens is 344 g/mol. The summed E-state index contributed by atoms with van der Waals surface area (Å²) >= 11 is 0. The van der Waals surface area contributed by atoms with Crippen LogP contribution in [0.4, 0.5) is 0 Å². The average Bonchev–Trinajstić information content (AvgIpc) is 3.19. The lowest BCUT2D eigenvalue weighted by Crippen LogP contribution is -2.11. The zero-order valence-electron chi connectivity index (χ0n) is 14.6. The first kappa shape index (κ1) is 16.8. The molecule has 0 atom stereocenters. The molecule has 0 spiro atoms. The van der Waals surface area contributed by atoms with Crippen LogP contribution in [0.25, 0.3) is 6.08 Å². The molecule has 1 aliphatic rings. The number of carbonyl (C=O) groups is 2. The molecule has 1 aromatic heterocycles. The maximum absolute atomic E-state index is 12.4. The van der Waals surface area contributed by atoms with E-state index in [0.29, 0.717) is 22.8 Å². The summed E-state index contributed by atoms with van der Waals surface area (Å²) in [5.74, 6) is 1.54. The minimum absolute atomic E-state index is 0.167. The molecule has 0 N–H and O–H groups in total. The van der Waals surface area contributed by atoms with Crippen molar-refractivity contribution in [3.63, 3.8) is 0 Å². The Kier molecular flexibility index (Phi) is 4.34. The van der Waals surface area contributed by atoms with Crippen molar-refractivity contribution in [1.82, 2.24) is 0 Å². The van der Waals surface area contributed by atoms with Gasteiger partial charge in [-0.05, 0) is 36.8 Å². The molecule has 4 rings (SSSR count). The van der Waals surface area contributed by atoms with Gasteiger partial charge in [0.2, 0.25) is 5.78 Å². The van der Waals surface area contributed by atoms with E-state index in [4.69, 9.17) is 13.9 Å². The van der Waals surface area contributed by atoms with E-state index in [1.54, 1.807) is 30.3 Å². The molecular formula is C22H16O5. The van der Waals surface area contributed by atoms with Crippen LogP contribution in [0.5, 0.6) is 11.5 Å². The zero-order valence-corrected chi connectivity index (χ0v) is 14.6. The quantitative estimate of drug-likeness (QED) is 0.393. The molecule has 0 radical (unpaired) electrons. The van der Waals surface area contributed by atoms with Gasteiger partial charge in [0, 0.05) is 12.1 Å². The Hall–Kier alpha value is -3.60. The van der Waals surface area contributed by atoms with Crippen LogP contribution in [0.1, 0.15) is 27.4 Å². The lowest BCUT2D eigenvalue weighted by molar-refractivity contribution is -0.133. The molecule has 2 heterocycles. The zero-order chi connectivity index (χ0) is 18.8. The van der Waals surface area contributed by atoms with Gasteiger partial charge in [-0.1, -0.05) is 30.3 Å². The number of ketones is 1. The Morgan fingerprint density at radius 1 is 1.07 bits per heavy atom. The van der Waals surface area contributed by atoms with Crippen LogP contribution in [0.3, 0.4) is 0 Å². The molecule has 0 saturated carbocycles. The van der Waals surface area contributed by atoms with Gasteiger partial charge in [0.1, 0.15) is 23.0 Å². The number of hydrogen-bond acceptors (Lipinski definition) is 5. The summed E-state index contributed by atoms with van der Waals surface area (Å²) in [6, 6.07) is 17.6. The Bertz CT molecular complexity index is 1040. The van der Waals surface area contributed by atoms with Crippen LogP contribution in [0, 0.1) is 6.92 Å². The topological polar surface area (TPSA) is 65.7 Å². The fourth-order valence-corrected chi connectivity index (χ4v) is 2.82. The molecule has 134 valence electrons. The van der Waals surface area contributed by atoms with Gasteiger partial charge in [-0.2, -0.15) is 0 Å². The van der Waals surface area contributed by atoms with Crippen molar-refractivity contribution < 1.29 is 23.5 Å². The van der Waals surface area contributed by atoms with Crippen LogP contribution in [-0.4, -0.2) is 11.8 Å². The number of fused-ring (bicyclic) bond motifs is 1. The number of carbonyl (C=O) groups excluding carboxylic acids is 2. The Balaban J connectivity index is 1.49. The SMILES string of the molecule is Cc1ccc(/C=C2\Oc3cc(OC(=O)Cc4ccccc4)ccc3C2=O)o1. The van der Waals surface area contributed by atoms with E-state index in [-0.39, 0.29) is 23.9 Å². The minimum atomic E-state index is -0.382. The van der Waals surface area contributed by atoms with Gasteiger partial charge in [-0.25, -0.2) is 0 Å². The average molecular weight is 360 g/mol. The van der Waals surface area contributed by atoms with Crippen LogP contribution < -0.4 is 9.47 Å². The van der Waals surface area contributed by atoms with Crippen molar-refractivity contribution in [2.75, 3.05) is 0 Å². The second kappa shape index (κ2) is 6.96. The minimum Gasteiger partial charge on any atom is -0.462 e. The molecule has 2 aromatic carbocycles. The summed E-state index contributed by atoms with van der Waals surface area (Å²) in [4.78, 5) is 24.5. The summed E-state index contributed by atoms with van der Waals surface area (Å²) in [6.07, 6.45) is 1.72. The van der Waals surface area contributed by atoms with E-state index >= 15 is 0 Å². The van der Waals surface area contributed by atoms with Crippen LogP contribution in [0.2, 0.25) is 0 Å². The summed E-state index contributed by atoms with van der Waals surface area (Å²) < 4.78 is 16.4. The number of ether oxygens (including phenoxy) is 2. The van der Waals surface area contributed by atoms with Crippen molar-refractivity contribution in [3.05, 3.63) is 89.1 Å². The van der Waals surface area contributed by atoms with Gasteiger partial charge in [0.05, 0.1) is 12.0 Å². The van der Waals surface area contributed by atoms with Gasteiger partial charge < -0.3 is 13.9 Å². The fraction of sp³-hybridized carbons (Fsp3) is 0.0909. The lowest BCUT2D eigenvalue weighted by atomic mass is 10.1. The van der Waals surface area contributed by atoms with Crippen molar-refractivity contribution in [3.8, 4) is 11.5 Å². The molecule has 0 fully saturated rings. The third-order valence-corrected chi connectivity index (χ3v) is 4.10. The number of esters is 1.